The minimum atomic E-state index is 0.336. The molecule has 1 fully saturated rings. The van der Waals surface area contributed by atoms with Crippen LogP contribution in [0.4, 0.5) is 0 Å². The molecule has 0 saturated heterocycles. The van der Waals surface area contributed by atoms with Crippen molar-refractivity contribution in [3.63, 3.8) is 0 Å². The Morgan fingerprint density at radius 1 is 1.30 bits per heavy atom. The van der Waals surface area contributed by atoms with Gasteiger partial charge in [0.1, 0.15) is 0 Å². The van der Waals surface area contributed by atoms with Crippen molar-refractivity contribution in [1.82, 2.24) is 0 Å². The second-order valence-electron chi connectivity index (χ2n) is 5.26. The smallest absolute Gasteiger partial charge is 0.180 e. The van der Waals surface area contributed by atoms with Gasteiger partial charge in [0, 0.05) is 5.56 Å². The average molecular weight is 297 g/mol. The molecule has 0 spiro atoms. The van der Waals surface area contributed by atoms with Crippen molar-refractivity contribution in [3.8, 4) is 11.5 Å². The largest absolute Gasteiger partial charge is 0.493 e. The Balaban J connectivity index is 1.98. The van der Waals surface area contributed by atoms with Gasteiger partial charge in [-0.1, -0.05) is 43.7 Å². The number of aldehydes is 1. The van der Waals surface area contributed by atoms with Crippen LogP contribution in [0.3, 0.4) is 0 Å². The molecule has 3 nitrogen and oxygen atoms in total. The first-order chi connectivity index (χ1) is 9.76. The molecule has 2 rings (SSSR count). The van der Waals surface area contributed by atoms with Crippen LogP contribution in [0.5, 0.6) is 11.5 Å². The van der Waals surface area contributed by atoms with Gasteiger partial charge in [0.2, 0.25) is 0 Å². The van der Waals surface area contributed by atoms with Crippen LogP contribution in [-0.2, 0) is 0 Å². The minimum Gasteiger partial charge on any atom is -0.493 e. The quantitative estimate of drug-likeness (QED) is 0.725. The van der Waals surface area contributed by atoms with Gasteiger partial charge >= 0.3 is 0 Å². The first kappa shape index (κ1) is 15.2. The Bertz CT molecular complexity index is 453. The number of halogens is 1. The minimum absolute atomic E-state index is 0.336. The van der Waals surface area contributed by atoms with Crippen molar-refractivity contribution in [2.75, 3.05) is 13.7 Å². The normalized spacial score (nSPS) is 15.9. The number of ether oxygens (including phenoxy) is 2. The summed E-state index contributed by atoms with van der Waals surface area (Å²) in [6, 6.07) is 3.35. The lowest BCUT2D eigenvalue weighted by molar-refractivity contribution is 0.112. The SMILES string of the molecule is COc1ccc(C=O)c(Cl)c1OCCC1CCCCC1. The molecule has 1 aliphatic rings. The van der Waals surface area contributed by atoms with Crippen LogP contribution >= 0.6 is 11.6 Å². The van der Waals surface area contributed by atoms with Crippen molar-refractivity contribution >= 4 is 17.9 Å². The maximum Gasteiger partial charge on any atom is 0.180 e. The fourth-order valence-corrected chi connectivity index (χ4v) is 3.00. The highest BCUT2D eigenvalue weighted by molar-refractivity contribution is 6.34. The van der Waals surface area contributed by atoms with Crippen molar-refractivity contribution < 1.29 is 14.3 Å². The molecule has 0 N–H and O–H groups in total. The highest BCUT2D eigenvalue weighted by Gasteiger charge is 2.16. The lowest BCUT2D eigenvalue weighted by Gasteiger charge is -2.22. The average Bonchev–Trinajstić information content (AvgIpc) is 2.50. The molecule has 0 aromatic heterocycles. The summed E-state index contributed by atoms with van der Waals surface area (Å²) < 4.78 is 11.0. The Labute approximate surface area is 125 Å². The number of benzene rings is 1. The Morgan fingerprint density at radius 2 is 2.05 bits per heavy atom. The molecule has 0 unspecified atom stereocenters. The predicted octanol–water partition coefficient (Wildman–Crippen LogP) is 4.51. The molecule has 1 saturated carbocycles. The zero-order valence-electron chi connectivity index (χ0n) is 11.9. The van der Waals surface area contributed by atoms with E-state index in [1.54, 1.807) is 19.2 Å². The number of rotatable bonds is 6. The topological polar surface area (TPSA) is 35.5 Å². The van der Waals surface area contributed by atoms with E-state index in [9.17, 15) is 4.79 Å². The third kappa shape index (κ3) is 3.66. The number of methoxy groups -OCH3 is 1. The van der Waals surface area contributed by atoms with Crippen molar-refractivity contribution in [1.29, 1.82) is 0 Å². The van der Waals surface area contributed by atoms with E-state index in [1.807, 2.05) is 0 Å². The van der Waals surface area contributed by atoms with Gasteiger partial charge < -0.3 is 9.47 Å². The summed E-state index contributed by atoms with van der Waals surface area (Å²) in [5, 5.41) is 0.336. The molecule has 4 heteroatoms. The molecule has 1 aliphatic carbocycles. The molecule has 0 radical (unpaired) electrons. The van der Waals surface area contributed by atoms with Gasteiger partial charge in [0.15, 0.2) is 17.8 Å². The number of carbonyl (C=O) groups is 1. The lowest BCUT2D eigenvalue weighted by atomic mass is 9.87. The second-order valence-corrected chi connectivity index (χ2v) is 5.64. The van der Waals surface area contributed by atoms with Crippen LogP contribution < -0.4 is 9.47 Å². The first-order valence-electron chi connectivity index (χ1n) is 7.20. The van der Waals surface area contributed by atoms with Crippen LogP contribution in [0.2, 0.25) is 5.02 Å². The maximum atomic E-state index is 10.9. The Hall–Kier alpha value is -1.22. The van der Waals surface area contributed by atoms with Gasteiger partial charge in [-0.2, -0.15) is 0 Å². The first-order valence-corrected chi connectivity index (χ1v) is 7.58. The van der Waals surface area contributed by atoms with Crippen LogP contribution in [-0.4, -0.2) is 20.0 Å². The van der Waals surface area contributed by atoms with E-state index in [4.69, 9.17) is 21.1 Å². The summed E-state index contributed by atoms with van der Waals surface area (Å²) in [6.45, 7) is 0.614. The summed E-state index contributed by atoms with van der Waals surface area (Å²) in [7, 11) is 1.57. The van der Waals surface area contributed by atoms with Crippen LogP contribution in [0.1, 0.15) is 48.9 Å². The maximum absolute atomic E-state index is 10.9. The molecule has 1 aromatic rings. The summed E-state index contributed by atoms with van der Waals surface area (Å²) in [5.74, 6) is 1.81. The van der Waals surface area contributed by atoms with Crippen LogP contribution in [0.25, 0.3) is 0 Å². The molecule has 1 aromatic carbocycles. The van der Waals surface area contributed by atoms with E-state index in [2.05, 4.69) is 0 Å². The fourth-order valence-electron chi connectivity index (χ4n) is 2.74. The second kappa shape index (κ2) is 7.53. The summed E-state index contributed by atoms with van der Waals surface area (Å²) in [6.07, 6.45) is 8.37. The van der Waals surface area contributed by atoms with E-state index in [1.165, 1.54) is 32.1 Å². The van der Waals surface area contributed by atoms with Gasteiger partial charge in [-0.3, -0.25) is 4.79 Å². The monoisotopic (exact) mass is 296 g/mol. The van der Waals surface area contributed by atoms with Crippen molar-refractivity contribution in [3.05, 3.63) is 22.7 Å². The van der Waals surface area contributed by atoms with Crippen molar-refractivity contribution in [2.45, 2.75) is 38.5 Å². The molecule has 20 heavy (non-hydrogen) atoms. The van der Waals surface area contributed by atoms with E-state index in [0.29, 0.717) is 28.7 Å². The molecule has 0 atom stereocenters. The van der Waals surface area contributed by atoms with Gasteiger partial charge in [0.05, 0.1) is 18.7 Å². The summed E-state index contributed by atoms with van der Waals surface area (Å²) in [4.78, 5) is 10.9. The summed E-state index contributed by atoms with van der Waals surface area (Å²) in [5.41, 5.74) is 0.431. The lowest BCUT2D eigenvalue weighted by Crippen LogP contribution is -2.11. The van der Waals surface area contributed by atoms with E-state index < -0.39 is 0 Å². The molecule has 110 valence electrons. The van der Waals surface area contributed by atoms with Gasteiger partial charge in [-0.25, -0.2) is 0 Å². The van der Waals surface area contributed by atoms with E-state index in [0.717, 1.165) is 18.6 Å². The standard InChI is InChI=1S/C16H21ClO3/c1-19-14-8-7-13(11-18)15(17)16(14)20-10-9-12-5-3-2-4-6-12/h7-8,11-12H,2-6,9-10H2,1H3. The molecule has 0 amide bonds. The highest BCUT2D eigenvalue weighted by Crippen LogP contribution is 2.37. The molecular weight excluding hydrogens is 276 g/mol. The molecule has 0 heterocycles. The predicted molar refractivity (Wildman–Crippen MR) is 80.1 cm³/mol. The third-order valence-electron chi connectivity index (χ3n) is 3.93. The summed E-state index contributed by atoms with van der Waals surface area (Å²) >= 11 is 6.18. The van der Waals surface area contributed by atoms with Crippen LogP contribution in [0.15, 0.2) is 12.1 Å². The zero-order valence-corrected chi connectivity index (χ0v) is 12.6. The number of hydrogen-bond acceptors (Lipinski definition) is 3. The zero-order chi connectivity index (χ0) is 14.4. The van der Waals surface area contributed by atoms with Gasteiger partial charge in [-0.05, 0) is 24.5 Å². The Morgan fingerprint density at radius 3 is 2.70 bits per heavy atom. The highest BCUT2D eigenvalue weighted by atomic mass is 35.5. The van der Waals surface area contributed by atoms with E-state index in [-0.39, 0.29) is 0 Å². The fraction of sp³-hybridized carbons (Fsp3) is 0.562. The molecular formula is C16H21ClO3. The molecule has 0 aliphatic heterocycles. The number of hydrogen-bond donors (Lipinski definition) is 0. The molecule has 0 bridgehead atoms. The Kier molecular flexibility index (Phi) is 5.72. The number of carbonyl (C=O) groups excluding carboxylic acids is 1. The van der Waals surface area contributed by atoms with Gasteiger partial charge in [0.25, 0.3) is 0 Å². The third-order valence-corrected chi connectivity index (χ3v) is 4.32. The van der Waals surface area contributed by atoms with E-state index >= 15 is 0 Å². The van der Waals surface area contributed by atoms with Crippen molar-refractivity contribution in [2.24, 2.45) is 5.92 Å². The van der Waals surface area contributed by atoms with Crippen LogP contribution in [0, 0.1) is 5.92 Å². The van der Waals surface area contributed by atoms with Gasteiger partial charge in [-0.15, -0.1) is 0 Å².